The van der Waals surface area contributed by atoms with Crippen molar-refractivity contribution < 1.29 is 9.53 Å². The molecule has 5 heteroatoms. The highest BCUT2D eigenvalue weighted by atomic mass is 35.5. The van der Waals surface area contributed by atoms with Crippen molar-refractivity contribution in [3.63, 3.8) is 0 Å². The Labute approximate surface area is 134 Å². The number of amides is 2. The van der Waals surface area contributed by atoms with Crippen molar-refractivity contribution >= 4 is 29.4 Å². The number of halogens is 1. The van der Waals surface area contributed by atoms with Crippen LogP contribution in [0.5, 0.6) is 5.75 Å². The SMILES string of the molecule is COc1ccc(C)cc1NC(=O)N/C=C/c1ccccc1Cl. The van der Waals surface area contributed by atoms with Crippen LogP contribution >= 0.6 is 11.6 Å². The maximum absolute atomic E-state index is 11.9. The number of benzene rings is 2. The van der Waals surface area contributed by atoms with E-state index in [0.717, 1.165) is 11.1 Å². The Morgan fingerprint density at radius 3 is 2.73 bits per heavy atom. The van der Waals surface area contributed by atoms with Gasteiger partial charge < -0.3 is 15.4 Å². The number of urea groups is 1. The molecule has 0 saturated carbocycles. The highest BCUT2D eigenvalue weighted by Crippen LogP contribution is 2.25. The number of ether oxygens (including phenoxy) is 1. The molecular weight excluding hydrogens is 300 g/mol. The van der Waals surface area contributed by atoms with Gasteiger partial charge in [0.05, 0.1) is 12.8 Å². The molecule has 0 spiro atoms. The van der Waals surface area contributed by atoms with Crippen LogP contribution < -0.4 is 15.4 Å². The zero-order valence-electron chi connectivity index (χ0n) is 12.4. The molecule has 114 valence electrons. The molecule has 2 aromatic carbocycles. The van der Waals surface area contributed by atoms with Gasteiger partial charge in [0.15, 0.2) is 0 Å². The summed E-state index contributed by atoms with van der Waals surface area (Å²) in [5.41, 5.74) is 2.48. The fourth-order valence-corrected chi connectivity index (χ4v) is 2.09. The van der Waals surface area contributed by atoms with E-state index in [0.29, 0.717) is 16.5 Å². The maximum atomic E-state index is 11.9. The lowest BCUT2D eigenvalue weighted by Crippen LogP contribution is -2.24. The molecule has 0 bridgehead atoms. The summed E-state index contributed by atoms with van der Waals surface area (Å²) in [5, 5.41) is 6.00. The van der Waals surface area contributed by atoms with Gasteiger partial charge in [-0.1, -0.05) is 35.9 Å². The minimum absolute atomic E-state index is 0.354. The summed E-state index contributed by atoms with van der Waals surface area (Å²) < 4.78 is 5.21. The van der Waals surface area contributed by atoms with Crippen LogP contribution in [-0.2, 0) is 0 Å². The average Bonchev–Trinajstić information content (AvgIpc) is 2.49. The second kappa shape index (κ2) is 7.52. The minimum atomic E-state index is -0.354. The van der Waals surface area contributed by atoms with Crippen molar-refractivity contribution in [3.05, 3.63) is 64.8 Å². The number of aryl methyl sites for hydroxylation is 1. The second-order valence-corrected chi connectivity index (χ2v) is 5.06. The van der Waals surface area contributed by atoms with E-state index in [1.54, 1.807) is 25.5 Å². The first-order valence-electron chi connectivity index (χ1n) is 6.73. The van der Waals surface area contributed by atoms with E-state index >= 15 is 0 Å². The topological polar surface area (TPSA) is 50.4 Å². The predicted octanol–water partition coefficient (Wildman–Crippen LogP) is 4.45. The highest BCUT2D eigenvalue weighted by Gasteiger charge is 2.06. The van der Waals surface area contributed by atoms with Gasteiger partial charge in [-0.2, -0.15) is 0 Å². The summed E-state index contributed by atoms with van der Waals surface area (Å²) in [4.78, 5) is 11.9. The van der Waals surface area contributed by atoms with Crippen molar-refractivity contribution in [3.8, 4) is 5.75 Å². The molecule has 0 aliphatic rings. The molecule has 0 heterocycles. The quantitative estimate of drug-likeness (QED) is 0.875. The second-order valence-electron chi connectivity index (χ2n) is 4.66. The Morgan fingerprint density at radius 2 is 2.00 bits per heavy atom. The van der Waals surface area contributed by atoms with Gasteiger partial charge in [0.25, 0.3) is 0 Å². The van der Waals surface area contributed by atoms with E-state index in [4.69, 9.17) is 16.3 Å². The first kappa shape index (κ1) is 15.9. The van der Waals surface area contributed by atoms with E-state index in [2.05, 4.69) is 10.6 Å². The maximum Gasteiger partial charge on any atom is 0.323 e. The van der Waals surface area contributed by atoms with E-state index in [1.165, 1.54) is 0 Å². The number of anilines is 1. The minimum Gasteiger partial charge on any atom is -0.495 e. The smallest absolute Gasteiger partial charge is 0.323 e. The van der Waals surface area contributed by atoms with Crippen LogP contribution in [0.3, 0.4) is 0 Å². The van der Waals surface area contributed by atoms with Gasteiger partial charge in [0.2, 0.25) is 0 Å². The molecule has 0 radical (unpaired) electrons. The molecule has 0 fully saturated rings. The summed E-state index contributed by atoms with van der Waals surface area (Å²) in [5.74, 6) is 0.607. The summed E-state index contributed by atoms with van der Waals surface area (Å²) in [6.45, 7) is 1.94. The van der Waals surface area contributed by atoms with Gasteiger partial charge in [0, 0.05) is 11.2 Å². The summed E-state index contributed by atoms with van der Waals surface area (Å²) in [7, 11) is 1.56. The number of carbonyl (C=O) groups excluding carboxylic acids is 1. The zero-order valence-corrected chi connectivity index (χ0v) is 13.1. The summed E-state index contributed by atoms with van der Waals surface area (Å²) in [6.07, 6.45) is 3.27. The van der Waals surface area contributed by atoms with Crippen molar-refractivity contribution in [2.75, 3.05) is 12.4 Å². The zero-order chi connectivity index (χ0) is 15.9. The average molecular weight is 317 g/mol. The van der Waals surface area contributed by atoms with E-state index in [9.17, 15) is 4.79 Å². The van der Waals surface area contributed by atoms with Gasteiger partial charge in [0.1, 0.15) is 5.75 Å². The third-order valence-corrected chi connectivity index (χ3v) is 3.33. The van der Waals surface area contributed by atoms with Crippen molar-refractivity contribution in [1.29, 1.82) is 0 Å². The first-order valence-corrected chi connectivity index (χ1v) is 7.11. The van der Waals surface area contributed by atoms with Crippen molar-refractivity contribution in [2.24, 2.45) is 0 Å². The lowest BCUT2D eigenvalue weighted by Gasteiger charge is -2.10. The van der Waals surface area contributed by atoms with Crippen LogP contribution in [0.15, 0.2) is 48.7 Å². The molecule has 2 N–H and O–H groups in total. The molecular formula is C17H17ClN2O2. The van der Waals surface area contributed by atoms with E-state index in [-0.39, 0.29) is 6.03 Å². The normalized spacial score (nSPS) is 10.5. The van der Waals surface area contributed by atoms with Crippen LogP contribution in [0.2, 0.25) is 5.02 Å². The lowest BCUT2D eigenvalue weighted by molar-refractivity contribution is 0.255. The van der Waals surface area contributed by atoms with Gasteiger partial charge in [-0.15, -0.1) is 0 Å². The third kappa shape index (κ3) is 4.27. The molecule has 0 atom stereocenters. The fraction of sp³-hybridized carbons (Fsp3) is 0.118. The number of carbonyl (C=O) groups is 1. The van der Waals surface area contributed by atoms with Gasteiger partial charge in [-0.3, -0.25) is 0 Å². The molecule has 4 nitrogen and oxygen atoms in total. The number of hydrogen-bond acceptors (Lipinski definition) is 2. The van der Waals surface area contributed by atoms with Gasteiger partial charge in [-0.05, 0) is 42.3 Å². The summed E-state index contributed by atoms with van der Waals surface area (Å²) >= 11 is 6.03. The summed E-state index contributed by atoms with van der Waals surface area (Å²) in [6, 6.07) is 12.6. The monoisotopic (exact) mass is 316 g/mol. The van der Waals surface area contributed by atoms with Crippen molar-refractivity contribution in [2.45, 2.75) is 6.92 Å². The fourth-order valence-electron chi connectivity index (χ4n) is 1.90. The Hall–Kier alpha value is -2.46. The Bertz CT molecular complexity index is 699. The van der Waals surface area contributed by atoms with E-state index in [1.807, 2.05) is 43.3 Å². The lowest BCUT2D eigenvalue weighted by atomic mass is 10.2. The van der Waals surface area contributed by atoms with Gasteiger partial charge >= 0.3 is 6.03 Å². The van der Waals surface area contributed by atoms with Crippen molar-refractivity contribution in [1.82, 2.24) is 5.32 Å². The largest absolute Gasteiger partial charge is 0.495 e. The number of nitrogens with one attached hydrogen (secondary N) is 2. The van der Waals surface area contributed by atoms with Crippen LogP contribution in [0.25, 0.3) is 6.08 Å². The van der Waals surface area contributed by atoms with E-state index < -0.39 is 0 Å². The van der Waals surface area contributed by atoms with Crippen LogP contribution in [0, 0.1) is 6.92 Å². The number of hydrogen-bond donors (Lipinski definition) is 2. The molecule has 2 rings (SSSR count). The number of methoxy groups -OCH3 is 1. The predicted molar refractivity (Wildman–Crippen MR) is 90.4 cm³/mol. The third-order valence-electron chi connectivity index (χ3n) is 2.99. The molecule has 2 amide bonds. The van der Waals surface area contributed by atoms with Crippen LogP contribution in [-0.4, -0.2) is 13.1 Å². The van der Waals surface area contributed by atoms with Gasteiger partial charge in [-0.25, -0.2) is 4.79 Å². The molecule has 0 aromatic heterocycles. The first-order chi connectivity index (χ1) is 10.6. The van der Waals surface area contributed by atoms with Crippen LogP contribution in [0.4, 0.5) is 10.5 Å². The molecule has 22 heavy (non-hydrogen) atoms. The highest BCUT2D eigenvalue weighted by molar-refractivity contribution is 6.32. The molecule has 0 aliphatic carbocycles. The Kier molecular flexibility index (Phi) is 5.44. The Morgan fingerprint density at radius 1 is 1.23 bits per heavy atom. The number of rotatable bonds is 4. The molecule has 2 aromatic rings. The molecule has 0 saturated heterocycles. The molecule has 0 unspecified atom stereocenters. The molecule has 0 aliphatic heterocycles. The van der Waals surface area contributed by atoms with Crippen LogP contribution in [0.1, 0.15) is 11.1 Å². The Balaban J connectivity index is 1.99. The standard InChI is InChI=1S/C17H17ClN2O2/c1-12-7-8-16(22-2)15(11-12)20-17(21)19-10-9-13-5-3-4-6-14(13)18/h3-11H,1-2H3,(H2,19,20,21)/b10-9+.